The van der Waals surface area contributed by atoms with E-state index in [1.807, 2.05) is 0 Å². The molecule has 1 N–H and O–H groups in total. The number of anilines is 1. The summed E-state index contributed by atoms with van der Waals surface area (Å²) >= 11 is 0. The molecule has 1 fully saturated rings. The van der Waals surface area contributed by atoms with E-state index < -0.39 is 18.0 Å². The second kappa shape index (κ2) is 6.44. The number of carbonyl (C=O) groups excluding carboxylic acids is 2. The van der Waals surface area contributed by atoms with Crippen molar-refractivity contribution in [1.29, 1.82) is 0 Å². The molecule has 1 aliphatic carbocycles. The average molecular weight is 359 g/mol. The molecule has 136 valence electrons. The molecule has 1 aliphatic heterocycles. The third-order valence-corrected chi connectivity index (χ3v) is 4.68. The first-order valence-electron chi connectivity index (χ1n) is 8.52. The first kappa shape index (κ1) is 16.6. The highest BCUT2D eigenvalue weighted by molar-refractivity contribution is 5.90. The number of aryl methyl sites for hydroxylation is 2. The summed E-state index contributed by atoms with van der Waals surface area (Å²) in [5.41, 5.74) is 2.54. The molecule has 0 spiro atoms. The van der Waals surface area contributed by atoms with Gasteiger partial charge in [-0.15, -0.1) is 0 Å². The van der Waals surface area contributed by atoms with E-state index in [1.54, 1.807) is 12.3 Å². The lowest BCUT2D eigenvalue weighted by Gasteiger charge is -2.16. The molecule has 1 aromatic heterocycles. The maximum atomic E-state index is 14.9. The Morgan fingerprint density at radius 3 is 3.00 bits per heavy atom. The van der Waals surface area contributed by atoms with Gasteiger partial charge < -0.3 is 14.6 Å². The minimum absolute atomic E-state index is 0.196. The number of benzene rings is 1. The van der Waals surface area contributed by atoms with Crippen LogP contribution in [0, 0.1) is 5.82 Å². The van der Waals surface area contributed by atoms with Crippen molar-refractivity contribution in [2.24, 2.45) is 0 Å². The fourth-order valence-corrected chi connectivity index (χ4v) is 3.46. The predicted molar refractivity (Wildman–Crippen MR) is 90.2 cm³/mol. The molecular formula is C18H18FN3O4. The lowest BCUT2D eigenvalue weighted by atomic mass is 10.0. The number of rotatable bonds is 3. The first-order valence-corrected chi connectivity index (χ1v) is 8.52. The molecule has 1 atom stereocenters. The van der Waals surface area contributed by atoms with Gasteiger partial charge in [0.15, 0.2) is 5.76 Å². The van der Waals surface area contributed by atoms with Gasteiger partial charge in [0.05, 0.1) is 30.5 Å². The molecule has 7 nitrogen and oxygen atoms in total. The second-order valence-corrected chi connectivity index (χ2v) is 6.55. The summed E-state index contributed by atoms with van der Waals surface area (Å²) in [4.78, 5) is 24.6. The SMILES string of the molecule is CC(=O)NC[C@H]1CN(c2cc(F)c3c(c2)CCCc2cnoc2-3)C(=O)O1. The standard InChI is InChI=1S/C18H18FN3O4/c1-10(23)20-8-14-9-22(18(24)25-14)13-5-11-3-2-4-12-7-21-26-17(12)16(11)15(19)6-13/h5-7,14H,2-4,8-9H2,1H3,(H,20,23)/t14-/m0/s1. The molecule has 8 heteroatoms. The van der Waals surface area contributed by atoms with Gasteiger partial charge in [-0.1, -0.05) is 5.16 Å². The van der Waals surface area contributed by atoms with Crippen molar-refractivity contribution in [3.63, 3.8) is 0 Å². The Hall–Kier alpha value is -2.90. The minimum Gasteiger partial charge on any atom is -0.442 e. The lowest BCUT2D eigenvalue weighted by molar-refractivity contribution is -0.119. The maximum absolute atomic E-state index is 14.9. The van der Waals surface area contributed by atoms with E-state index in [1.165, 1.54) is 17.9 Å². The monoisotopic (exact) mass is 359 g/mol. The Morgan fingerprint density at radius 2 is 2.19 bits per heavy atom. The van der Waals surface area contributed by atoms with Gasteiger partial charge in [0.2, 0.25) is 5.91 Å². The van der Waals surface area contributed by atoms with Gasteiger partial charge in [0.25, 0.3) is 0 Å². The summed E-state index contributed by atoms with van der Waals surface area (Å²) < 4.78 is 25.4. The van der Waals surface area contributed by atoms with Crippen molar-refractivity contribution in [3.05, 3.63) is 35.3 Å². The Morgan fingerprint density at radius 1 is 1.38 bits per heavy atom. The zero-order chi connectivity index (χ0) is 18.3. The largest absolute Gasteiger partial charge is 0.442 e. The van der Waals surface area contributed by atoms with Crippen molar-refractivity contribution < 1.29 is 23.2 Å². The molecule has 0 radical (unpaired) electrons. The van der Waals surface area contributed by atoms with E-state index in [0.29, 0.717) is 23.4 Å². The molecule has 2 aromatic rings. The molecule has 26 heavy (non-hydrogen) atoms. The third-order valence-electron chi connectivity index (χ3n) is 4.68. The molecule has 0 bridgehead atoms. The van der Waals surface area contributed by atoms with Gasteiger partial charge in [-0.2, -0.15) is 0 Å². The summed E-state index contributed by atoms with van der Waals surface area (Å²) in [5.74, 6) is -0.178. The number of nitrogens with zero attached hydrogens (tertiary/aromatic N) is 2. The third kappa shape index (κ3) is 2.91. The number of halogens is 1. The van der Waals surface area contributed by atoms with Gasteiger partial charge in [-0.25, -0.2) is 9.18 Å². The van der Waals surface area contributed by atoms with E-state index in [0.717, 1.165) is 24.0 Å². The minimum atomic E-state index is -0.548. The highest BCUT2D eigenvalue weighted by Crippen LogP contribution is 2.37. The molecule has 2 aliphatic rings. The van der Waals surface area contributed by atoms with E-state index in [2.05, 4.69) is 10.5 Å². The predicted octanol–water partition coefficient (Wildman–Crippen LogP) is 2.43. The lowest BCUT2D eigenvalue weighted by Crippen LogP contribution is -2.33. The smallest absolute Gasteiger partial charge is 0.414 e. The average Bonchev–Trinajstić information content (AvgIpc) is 3.15. The highest BCUT2D eigenvalue weighted by atomic mass is 19.1. The molecular weight excluding hydrogens is 341 g/mol. The van der Waals surface area contributed by atoms with Crippen LogP contribution in [0.15, 0.2) is 22.9 Å². The molecule has 1 aromatic carbocycles. The van der Waals surface area contributed by atoms with Gasteiger partial charge in [-0.05, 0) is 37.0 Å². The number of ether oxygens (including phenoxy) is 1. The van der Waals surface area contributed by atoms with Gasteiger partial charge in [0, 0.05) is 12.5 Å². The van der Waals surface area contributed by atoms with Crippen LogP contribution in [0.2, 0.25) is 0 Å². The summed E-state index contributed by atoms with van der Waals surface area (Å²) in [6.07, 6.45) is 2.92. The van der Waals surface area contributed by atoms with E-state index in [-0.39, 0.29) is 19.0 Å². The van der Waals surface area contributed by atoms with Gasteiger partial charge in [-0.3, -0.25) is 9.69 Å². The van der Waals surface area contributed by atoms with Crippen LogP contribution in [-0.2, 0) is 22.4 Å². The zero-order valence-corrected chi connectivity index (χ0v) is 14.3. The van der Waals surface area contributed by atoms with Crippen molar-refractivity contribution in [2.45, 2.75) is 32.3 Å². The van der Waals surface area contributed by atoms with Crippen molar-refractivity contribution in [2.75, 3.05) is 18.0 Å². The Bertz CT molecular complexity index is 879. The van der Waals surface area contributed by atoms with Crippen LogP contribution in [0.1, 0.15) is 24.5 Å². The van der Waals surface area contributed by atoms with Crippen molar-refractivity contribution in [1.82, 2.24) is 10.5 Å². The van der Waals surface area contributed by atoms with E-state index >= 15 is 0 Å². The number of cyclic esters (lactones) is 1. The van der Waals surface area contributed by atoms with E-state index in [9.17, 15) is 14.0 Å². The molecule has 2 amide bonds. The fraction of sp³-hybridized carbons (Fsp3) is 0.389. The molecule has 0 saturated carbocycles. The number of carbonyl (C=O) groups is 2. The first-order chi connectivity index (χ1) is 12.5. The molecule has 4 rings (SSSR count). The van der Waals surface area contributed by atoms with Crippen LogP contribution in [-0.4, -0.2) is 36.4 Å². The number of hydrogen-bond acceptors (Lipinski definition) is 5. The van der Waals surface area contributed by atoms with Crippen LogP contribution >= 0.6 is 0 Å². The quantitative estimate of drug-likeness (QED) is 0.910. The highest BCUT2D eigenvalue weighted by Gasteiger charge is 2.34. The maximum Gasteiger partial charge on any atom is 0.414 e. The van der Waals surface area contributed by atoms with Gasteiger partial charge in [0.1, 0.15) is 11.9 Å². The van der Waals surface area contributed by atoms with E-state index in [4.69, 9.17) is 9.26 Å². The van der Waals surface area contributed by atoms with Crippen LogP contribution in [0.25, 0.3) is 11.3 Å². The second-order valence-electron chi connectivity index (χ2n) is 6.55. The Kier molecular flexibility index (Phi) is 4.10. The van der Waals surface area contributed by atoms with Crippen LogP contribution < -0.4 is 10.2 Å². The Labute approximate surface area is 149 Å². The van der Waals surface area contributed by atoms with Crippen LogP contribution in [0.4, 0.5) is 14.9 Å². The van der Waals surface area contributed by atoms with Crippen LogP contribution in [0.5, 0.6) is 0 Å². The van der Waals surface area contributed by atoms with Crippen molar-refractivity contribution in [3.8, 4) is 11.3 Å². The summed E-state index contributed by atoms with van der Waals surface area (Å²) in [6.45, 7) is 1.88. The topological polar surface area (TPSA) is 84.7 Å². The molecule has 0 unspecified atom stereocenters. The number of amides is 2. The number of hydrogen-bond donors (Lipinski definition) is 1. The summed E-state index contributed by atoms with van der Waals surface area (Å²) in [5, 5.41) is 6.40. The van der Waals surface area contributed by atoms with Gasteiger partial charge >= 0.3 is 6.09 Å². The molecule has 1 saturated heterocycles. The Balaban J connectivity index is 1.63. The summed E-state index contributed by atoms with van der Waals surface area (Å²) in [7, 11) is 0. The number of nitrogens with one attached hydrogen (secondary N) is 1. The normalized spacial score (nSPS) is 18.8. The number of fused-ring (bicyclic) bond motifs is 3. The fourth-order valence-electron chi connectivity index (χ4n) is 3.46. The zero-order valence-electron chi connectivity index (χ0n) is 14.3. The number of aromatic nitrogens is 1. The molecule has 2 heterocycles. The van der Waals surface area contributed by atoms with Crippen LogP contribution in [0.3, 0.4) is 0 Å². The summed E-state index contributed by atoms with van der Waals surface area (Å²) in [6, 6.07) is 3.12. The van der Waals surface area contributed by atoms with Crippen molar-refractivity contribution >= 4 is 17.7 Å².